The minimum Gasteiger partial charge on any atom is -0.367 e. The standard InChI is InChI=1S/C17H24BrNO2/c1-17(2,3)16(20)21-19-10-8-14(9-11-19)12-13-4-6-15(18)7-5-13/h4-7,14H,8-12H2,1-3H3. The first-order valence-corrected chi connectivity index (χ1v) is 8.35. The molecule has 1 saturated heterocycles. The molecule has 1 aromatic rings. The van der Waals surface area contributed by atoms with Crippen LogP contribution < -0.4 is 0 Å². The van der Waals surface area contributed by atoms with E-state index in [-0.39, 0.29) is 5.97 Å². The summed E-state index contributed by atoms with van der Waals surface area (Å²) in [6.07, 6.45) is 3.26. The molecule has 4 heteroatoms. The summed E-state index contributed by atoms with van der Waals surface area (Å²) >= 11 is 3.46. The highest BCUT2D eigenvalue weighted by atomic mass is 79.9. The molecule has 0 aromatic heterocycles. The van der Waals surface area contributed by atoms with E-state index >= 15 is 0 Å². The van der Waals surface area contributed by atoms with Gasteiger partial charge in [-0.25, -0.2) is 4.79 Å². The summed E-state index contributed by atoms with van der Waals surface area (Å²) in [6, 6.07) is 8.54. The van der Waals surface area contributed by atoms with Crippen molar-refractivity contribution in [2.24, 2.45) is 11.3 Å². The van der Waals surface area contributed by atoms with Crippen LogP contribution in [0.5, 0.6) is 0 Å². The maximum atomic E-state index is 11.9. The Morgan fingerprint density at radius 3 is 2.33 bits per heavy atom. The summed E-state index contributed by atoms with van der Waals surface area (Å²) in [6.45, 7) is 7.33. The Hall–Kier alpha value is -0.870. The molecule has 0 N–H and O–H groups in total. The molecular weight excluding hydrogens is 330 g/mol. The lowest BCUT2D eigenvalue weighted by atomic mass is 9.91. The molecule has 2 rings (SSSR count). The topological polar surface area (TPSA) is 29.5 Å². The SMILES string of the molecule is CC(C)(C)C(=O)ON1CCC(Cc2ccc(Br)cc2)CC1. The number of carbonyl (C=O) groups is 1. The monoisotopic (exact) mass is 353 g/mol. The van der Waals surface area contributed by atoms with E-state index in [1.807, 2.05) is 25.8 Å². The van der Waals surface area contributed by atoms with Crippen molar-refractivity contribution in [2.45, 2.75) is 40.0 Å². The molecule has 0 saturated carbocycles. The maximum absolute atomic E-state index is 11.9. The van der Waals surface area contributed by atoms with Gasteiger partial charge >= 0.3 is 5.97 Å². The van der Waals surface area contributed by atoms with Crippen LogP contribution in [0, 0.1) is 11.3 Å². The predicted octanol–water partition coefficient (Wildman–Crippen LogP) is 4.21. The van der Waals surface area contributed by atoms with Crippen molar-refractivity contribution in [2.75, 3.05) is 13.1 Å². The Kier molecular flexibility index (Phi) is 5.44. The van der Waals surface area contributed by atoms with Gasteiger partial charge in [-0.15, -0.1) is 5.06 Å². The fourth-order valence-electron chi connectivity index (χ4n) is 2.41. The average molecular weight is 354 g/mol. The third-order valence-electron chi connectivity index (χ3n) is 3.84. The molecule has 116 valence electrons. The van der Waals surface area contributed by atoms with Gasteiger partial charge in [0.15, 0.2) is 0 Å². The first kappa shape index (κ1) is 16.5. The molecule has 1 aliphatic heterocycles. The zero-order valence-corrected chi connectivity index (χ0v) is 14.6. The number of piperidine rings is 1. The van der Waals surface area contributed by atoms with Crippen LogP contribution >= 0.6 is 15.9 Å². The van der Waals surface area contributed by atoms with Gasteiger partial charge in [0.1, 0.15) is 0 Å². The molecule has 0 unspecified atom stereocenters. The smallest absolute Gasteiger partial charge is 0.330 e. The van der Waals surface area contributed by atoms with Crippen molar-refractivity contribution < 1.29 is 9.63 Å². The van der Waals surface area contributed by atoms with E-state index in [1.54, 1.807) is 0 Å². The zero-order valence-electron chi connectivity index (χ0n) is 13.1. The minimum atomic E-state index is -0.436. The van der Waals surface area contributed by atoms with E-state index in [0.717, 1.165) is 36.8 Å². The average Bonchev–Trinajstić information content (AvgIpc) is 2.42. The number of benzene rings is 1. The van der Waals surface area contributed by atoms with Crippen molar-refractivity contribution in [1.82, 2.24) is 5.06 Å². The van der Waals surface area contributed by atoms with Gasteiger partial charge in [0, 0.05) is 17.6 Å². The number of halogens is 1. The second kappa shape index (κ2) is 6.93. The molecule has 21 heavy (non-hydrogen) atoms. The van der Waals surface area contributed by atoms with E-state index in [1.165, 1.54) is 5.56 Å². The normalized spacial score (nSPS) is 17.7. The van der Waals surface area contributed by atoms with Crippen molar-refractivity contribution >= 4 is 21.9 Å². The minimum absolute atomic E-state index is 0.145. The largest absolute Gasteiger partial charge is 0.367 e. The summed E-state index contributed by atoms with van der Waals surface area (Å²) in [4.78, 5) is 17.3. The van der Waals surface area contributed by atoms with Crippen molar-refractivity contribution in [3.05, 3.63) is 34.3 Å². The Labute approximate surface area is 135 Å². The van der Waals surface area contributed by atoms with E-state index in [9.17, 15) is 4.79 Å². The molecule has 3 nitrogen and oxygen atoms in total. The number of carbonyl (C=O) groups excluding carboxylic acids is 1. The van der Waals surface area contributed by atoms with Crippen LogP contribution in [0.3, 0.4) is 0 Å². The Bertz CT molecular complexity index is 471. The van der Waals surface area contributed by atoms with E-state index < -0.39 is 5.41 Å². The lowest BCUT2D eigenvalue weighted by Gasteiger charge is -2.32. The highest BCUT2D eigenvalue weighted by Gasteiger charge is 2.28. The lowest BCUT2D eigenvalue weighted by Crippen LogP contribution is -2.39. The van der Waals surface area contributed by atoms with Gasteiger partial charge in [-0.05, 0) is 63.6 Å². The molecule has 1 heterocycles. The highest BCUT2D eigenvalue weighted by molar-refractivity contribution is 9.10. The van der Waals surface area contributed by atoms with Crippen molar-refractivity contribution in [3.8, 4) is 0 Å². The molecule has 0 atom stereocenters. The molecule has 0 spiro atoms. The Balaban J connectivity index is 1.78. The summed E-state index contributed by atoms with van der Waals surface area (Å²) in [5.74, 6) is 0.532. The van der Waals surface area contributed by atoms with Crippen LogP contribution in [0.2, 0.25) is 0 Å². The van der Waals surface area contributed by atoms with Gasteiger partial charge in [0.05, 0.1) is 5.41 Å². The van der Waals surface area contributed by atoms with Crippen molar-refractivity contribution in [3.63, 3.8) is 0 Å². The second-order valence-corrected chi connectivity index (χ2v) is 7.75. The van der Waals surface area contributed by atoms with Crippen LogP contribution in [-0.4, -0.2) is 24.1 Å². The predicted molar refractivity (Wildman–Crippen MR) is 87.7 cm³/mol. The summed E-state index contributed by atoms with van der Waals surface area (Å²) in [5, 5.41) is 1.83. The first-order valence-electron chi connectivity index (χ1n) is 7.56. The number of nitrogens with zero attached hydrogens (tertiary/aromatic N) is 1. The molecule has 0 amide bonds. The number of hydrogen-bond acceptors (Lipinski definition) is 3. The lowest BCUT2D eigenvalue weighted by molar-refractivity contribution is -0.206. The van der Waals surface area contributed by atoms with Gasteiger partial charge in [-0.1, -0.05) is 28.1 Å². The number of hydrogen-bond donors (Lipinski definition) is 0. The number of rotatable bonds is 3. The second-order valence-electron chi connectivity index (χ2n) is 6.83. The number of hydroxylamine groups is 2. The van der Waals surface area contributed by atoms with Gasteiger partial charge in [-0.3, -0.25) is 0 Å². The third kappa shape index (κ3) is 5.11. The van der Waals surface area contributed by atoms with Crippen LogP contribution in [0.25, 0.3) is 0 Å². The Morgan fingerprint density at radius 2 is 1.81 bits per heavy atom. The first-order chi connectivity index (χ1) is 9.84. The van der Waals surface area contributed by atoms with Gasteiger partial charge in [0.2, 0.25) is 0 Å². The van der Waals surface area contributed by atoms with E-state index in [2.05, 4.69) is 40.2 Å². The van der Waals surface area contributed by atoms with Gasteiger partial charge < -0.3 is 4.84 Å². The van der Waals surface area contributed by atoms with E-state index in [0.29, 0.717) is 5.92 Å². The molecule has 0 radical (unpaired) electrons. The molecule has 1 fully saturated rings. The van der Waals surface area contributed by atoms with Crippen LogP contribution in [0.4, 0.5) is 0 Å². The maximum Gasteiger partial charge on any atom is 0.330 e. The van der Waals surface area contributed by atoms with Crippen LogP contribution in [-0.2, 0) is 16.1 Å². The molecule has 0 aliphatic carbocycles. The Morgan fingerprint density at radius 1 is 1.24 bits per heavy atom. The molecule has 1 aromatic carbocycles. The fourth-order valence-corrected chi connectivity index (χ4v) is 2.68. The molecule has 0 bridgehead atoms. The molecular formula is C17H24BrNO2. The van der Waals surface area contributed by atoms with E-state index in [4.69, 9.17) is 4.84 Å². The van der Waals surface area contributed by atoms with Crippen LogP contribution in [0.1, 0.15) is 39.2 Å². The molecule has 1 aliphatic rings. The van der Waals surface area contributed by atoms with Gasteiger partial charge in [0.25, 0.3) is 0 Å². The highest BCUT2D eigenvalue weighted by Crippen LogP contribution is 2.24. The fraction of sp³-hybridized carbons (Fsp3) is 0.588. The zero-order chi connectivity index (χ0) is 15.5. The van der Waals surface area contributed by atoms with Gasteiger partial charge in [-0.2, -0.15) is 0 Å². The summed E-state index contributed by atoms with van der Waals surface area (Å²) in [7, 11) is 0. The third-order valence-corrected chi connectivity index (χ3v) is 4.36. The summed E-state index contributed by atoms with van der Waals surface area (Å²) in [5.41, 5.74) is 0.942. The summed E-state index contributed by atoms with van der Waals surface area (Å²) < 4.78 is 1.12. The van der Waals surface area contributed by atoms with Crippen molar-refractivity contribution in [1.29, 1.82) is 0 Å². The quantitative estimate of drug-likeness (QED) is 0.815. The van der Waals surface area contributed by atoms with Crippen LogP contribution in [0.15, 0.2) is 28.7 Å².